The molecule has 0 atom stereocenters. The summed E-state index contributed by atoms with van der Waals surface area (Å²) in [6.07, 6.45) is -3.62. The Labute approximate surface area is 132 Å². The zero-order valence-corrected chi connectivity index (χ0v) is 12.7. The molecular formula is C12H9Cl3F4N2. The molecule has 2 aromatic rings. The Balaban J connectivity index is 2.58. The lowest BCUT2D eigenvalue weighted by molar-refractivity contribution is -0.137. The van der Waals surface area contributed by atoms with Crippen molar-refractivity contribution in [3.8, 4) is 0 Å². The molecule has 1 heterocycles. The van der Waals surface area contributed by atoms with E-state index < -0.39 is 18.9 Å². The molecule has 9 heteroatoms. The third-order valence-corrected chi connectivity index (χ3v) is 3.79. The molecule has 0 radical (unpaired) electrons. The zero-order valence-electron chi connectivity index (χ0n) is 10.4. The maximum Gasteiger partial charge on any atom is 0.324 e. The van der Waals surface area contributed by atoms with Gasteiger partial charge in [0.2, 0.25) is 0 Å². The lowest BCUT2D eigenvalue weighted by atomic mass is 10.3. The topological polar surface area (TPSA) is 17.8 Å². The van der Waals surface area contributed by atoms with Gasteiger partial charge in [-0.1, -0.05) is 23.2 Å². The molecule has 0 saturated heterocycles. The fourth-order valence-corrected chi connectivity index (χ4v) is 2.39. The molecule has 1 aromatic carbocycles. The standard InChI is InChI=1S/C12H9Cl3F4N2/c13-2-1-10-20-8-3-6(14)7(15)4-9(8)21(10)5-12(18,19)11(16)17/h3-4,11H,1-2,5H2. The van der Waals surface area contributed by atoms with Crippen molar-refractivity contribution in [2.45, 2.75) is 25.3 Å². The summed E-state index contributed by atoms with van der Waals surface area (Å²) in [5, 5.41) is 0.329. The van der Waals surface area contributed by atoms with Crippen molar-refractivity contribution < 1.29 is 17.6 Å². The fraction of sp³-hybridized carbons (Fsp3) is 0.417. The normalized spacial score (nSPS) is 12.6. The highest BCUT2D eigenvalue weighted by Gasteiger charge is 2.41. The van der Waals surface area contributed by atoms with Crippen LogP contribution < -0.4 is 0 Å². The molecule has 0 unspecified atom stereocenters. The van der Waals surface area contributed by atoms with Gasteiger partial charge < -0.3 is 4.57 Å². The van der Waals surface area contributed by atoms with Gasteiger partial charge in [-0.15, -0.1) is 11.6 Å². The Hall–Kier alpha value is -0.720. The smallest absolute Gasteiger partial charge is 0.322 e. The number of aromatic nitrogens is 2. The molecule has 116 valence electrons. The van der Waals surface area contributed by atoms with Gasteiger partial charge in [0.1, 0.15) is 5.82 Å². The van der Waals surface area contributed by atoms with Gasteiger partial charge in [0.05, 0.1) is 27.6 Å². The Kier molecular flexibility index (Phi) is 4.90. The van der Waals surface area contributed by atoms with Gasteiger partial charge in [0.25, 0.3) is 0 Å². The first-order valence-electron chi connectivity index (χ1n) is 5.82. The van der Waals surface area contributed by atoms with E-state index in [1.165, 1.54) is 12.1 Å². The molecule has 0 aliphatic heterocycles. The van der Waals surface area contributed by atoms with Crippen LogP contribution in [0.1, 0.15) is 5.82 Å². The van der Waals surface area contributed by atoms with E-state index in [2.05, 4.69) is 4.98 Å². The number of aryl methyl sites for hydroxylation is 1. The van der Waals surface area contributed by atoms with Gasteiger partial charge in [0.15, 0.2) is 0 Å². The second-order valence-corrected chi connectivity index (χ2v) is 5.56. The van der Waals surface area contributed by atoms with E-state index >= 15 is 0 Å². The van der Waals surface area contributed by atoms with Crippen LogP contribution >= 0.6 is 34.8 Å². The van der Waals surface area contributed by atoms with E-state index in [0.29, 0.717) is 5.52 Å². The largest absolute Gasteiger partial charge is 0.324 e. The molecule has 0 aliphatic carbocycles. The first-order valence-corrected chi connectivity index (χ1v) is 7.11. The van der Waals surface area contributed by atoms with Crippen molar-refractivity contribution in [1.29, 1.82) is 0 Å². The SMILES string of the molecule is FC(F)C(F)(F)Cn1c(CCCl)nc2cc(Cl)c(Cl)cc21. The minimum absolute atomic E-state index is 0.116. The third kappa shape index (κ3) is 3.38. The molecule has 0 saturated carbocycles. The van der Waals surface area contributed by atoms with Crippen LogP contribution in [-0.4, -0.2) is 27.8 Å². The fourth-order valence-electron chi connectivity index (χ4n) is 1.90. The van der Waals surface area contributed by atoms with Crippen molar-refractivity contribution in [2.75, 3.05) is 5.88 Å². The van der Waals surface area contributed by atoms with Crippen LogP contribution in [0.15, 0.2) is 12.1 Å². The number of benzene rings is 1. The molecule has 21 heavy (non-hydrogen) atoms. The van der Waals surface area contributed by atoms with Crippen molar-refractivity contribution in [3.63, 3.8) is 0 Å². The van der Waals surface area contributed by atoms with Gasteiger partial charge in [0, 0.05) is 12.3 Å². The van der Waals surface area contributed by atoms with Crippen LogP contribution in [0.4, 0.5) is 17.6 Å². The summed E-state index contributed by atoms with van der Waals surface area (Å²) in [7, 11) is 0. The highest BCUT2D eigenvalue weighted by Crippen LogP contribution is 2.32. The first kappa shape index (κ1) is 16.6. The first-order chi connectivity index (χ1) is 9.76. The number of alkyl halides is 5. The van der Waals surface area contributed by atoms with Crippen LogP contribution in [0.2, 0.25) is 10.0 Å². The summed E-state index contributed by atoms with van der Waals surface area (Å²) in [6.45, 7) is -1.20. The molecule has 1 aromatic heterocycles. The minimum Gasteiger partial charge on any atom is -0.322 e. The quantitative estimate of drug-likeness (QED) is 0.538. The summed E-state index contributed by atoms with van der Waals surface area (Å²) >= 11 is 17.3. The minimum atomic E-state index is -4.18. The molecule has 0 bridgehead atoms. The van der Waals surface area contributed by atoms with Crippen LogP contribution in [0.3, 0.4) is 0 Å². The van der Waals surface area contributed by atoms with E-state index in [9.17, 15) is 17.6 Å². The highest BCUT2D eigenvalue weighted by molar-refractivity contribution is 6.42. The van der Waals surface area contributed by atoms with Crippen molar-refractivity contribution in [1.82, 2.24) is 9.55 Å². The van der Waals surface area contributed by atoms with Crippen LogP contribution in [0.5, 0.6) is 0 Å². The average molecular weight is 364 g/mol. The van der Waals surface area contributed by atoms with Crippen LogP contribution in [-0.2, 0) is 13.0 Å². The second-order valence-electron chi connectivity index (χ2n) is 4.37. The molecular weight excluding hydrogens is 354 g/mol. The Morgan fingerprint density at radius 3 is 2.38 bits per heavy atom. The van der Waals surface area contributed by atoms with E-state index in [4.69, 9.17) is 34.8 Å². The maximum absolute atomic E-state index is 13.3. The monoisotopic (exact) mass is 362 g/mol. The average Bonchev–Trinajstić information content (AvgIpc) is 2.68. The van der Waals surface area contributed by atoms with Gasteiger partial charge in [-0.2, -0.15) is 8.78 Å². The highest BCUT2D eigenvalue weighted by atomic mass is 35.5. The summed E-state index contributed by atoms with van der Waals surface area (Å²) < 4.78 is 52.5. The van der Waals surface area contributed by atoms with Crippen molar-refractivity contribution in [2.24, 2.45) is 0 Å². The lowest BCUT2D eigenvalue weighted by Crippen LogP contribution is -2.32. The number of imidazole rings is 1. The Morgan fingerprint density at radius 1 is 1.19 bits per heavy atom. The van der Waals surface area contributed by atoms with E-state index in [-0.39, 0.29) is 33.7 Å². The maximum atomic E-state index is 13.3. The Morgan fingerprint density at radius 2 is 1.81 bits per heavy atom. The number of fused-ring (bicyclic) bond motifs is 1. The molecule has 0 fully saturated rings. The summed E-state index contributed by atoms with van der Waals surface area (Å²) in [5.41, 5.74) is 0.513. The van der Waals surface area contributed by atoms with Gasteiger partial charge in [-0.25, -0.2) is 13.8 Å². The third-order valence-electron chi connectivity index (χ3n) is 2.88. The zero-order chi connectivity index (χ0) is 15.8. The van der Waals surface area contributed by atoms with Crippen LogP contribution in [0.25, 0.3) is 11.0 Å². The molecule has 0 amide bonds. The van der Waals surface area contributed by atoms with E-state index in [1.807, 2.05) is 0 Å². The summed E-state index contributed by atoms with van der Waals surface area (Å²) in [4.78, 5) is 4.11. The molecule has 0 aliphatic rings. The number of nitrogens with zero attached hydrogens (tertiary/aromatic N) is 2. The summed E-state index contributed by atoms with van der Waals surface area (Å²) in [5.74, 6) is -3.88. The Bertz CT molecular complexity index is 657. The van der Waals surface area contributed by atoms with Gasteiger partial charge in [-0.3, -0.25) is 0 Å². The molecule has 0 N–H and O–H groups in total. The van der Waals surface area contributed by atoms with E-state index in [0.717, 1.165) is 4.57 Å². The van der Waals surface area contributed by atoms with Gasteiger partial charge >= 0.3 is 12.3 Å². The van der Waals surface area contributed by atoms with E-state index in [1.54, 1.807) is 0 Å². The van der Waals surface area contributed by atoms with Gasteiger partial charge in [-0.05, 0) is 12.1 Å². The molecule has 0 spiro atoms. The van der Waals surface area contributed by atoms with Crippen molar-refractivity contribution in [3.05, 3.63) is 28.0 Å². The lowest BCUT2D eigenvalue weighted by Gasteiger charge is -2.18. The predicted octanol–water partition coefficient (Wildman–Crippen LogP) is 5.02. The van der Waals surface area contributed by atoms with Crippen LogP contribution in [0, 0.1) is 0 Å². The summed E-state index contributed by atoms with van der Waals surface area (Å²) in [6, 6.07) is 2.72. The number of rotatable bonds is 5. The number of halogens is 7. The second kappa shape index (κ2) is 6.18. The molecule has 2 rings (SSSR count). The van der Waals surface area contributed by atoms with Crippen molar-refractivity contribution >= 4 is 45.8 Å². The number of hydrogen-bond acceptors (Lipinski definition) is 1. The molecule has 2 nitrogen and oxygen atoms in total. The predicted molar refractivity (Wildman–Crippen MR) is 75.1 cm³/mol. The number of hydrogen-bond donors (Lipinski definition) is 0.